The second kappa shape index (κ2) is 6.93. The zero-order valence-electron chi connectivity index (χ0n) is 11.0. The van der Waals surface area contributed by atoms with Crippen molar-refractivity contribution < 1.29 is 19.0 Å². The number of hydrogen-bond donors (Lipinski definition) is 0. The van der Waals surface area contributed by atoms with Gasteiger partial charge in [-0.05, 0) is 19.8 Å². The van der Waals surface area contributed by atoms with Crippen molar-refractivity contribution in [1.82, 2.24) is 4.90 Å². The van der Waals surface area contributed by atoms with Crippen LogP contribution in [0.3, 0.4) is 0 Å². The van der Waals surface area contributed by atoms with Gasteiger partial charge in [-0.15, -0.1) is 0 Å². The Hall–Kier alpha value is -0.650. The number of carbonyl (C=O) groups is 1. The number of rotatable bonds is 6. The van der Waals surface area contributed by atoms with Gasteiger partial charge in [-0.2, -0.15) is 0 Å². The third kappa shape index (κ3) is 4.61. The summed E-state index contributed by atoms with van der Waals surface area (Å²) in [5.74, 6) is 0.0316. The molecule has 1 unspecified atom stereocenters. The molecule has 0 aromatic rings. The molecule has 1 rings (SSSR count). The van der Waals surface area contributed by atoms with Crippen LogP contribution in [0.2, 0.25) is 0 Å². The summed E-state index contributed by atoms with van der Waals surface area (Å²) in [5, 5.41) is 0. The van der Waals surface area contributed by atoms with Crippen LogP contribution in [0.15, 0.2) is 0 Å². The minimum absolute atomic E-state index is 0.0316. The van der Waals surface area contributed by atoms with Crippen molar-refractivity contribution in [2.24, 2.45) is 0 Å². The molecule has 5 heteroatoms. The van der Waals surface area contributed by atoms with Crippen molar-refractivity contribution in [3.05, 3.63) is 0 Å². The van der Waals surface area contributed by atoms with Crippen LogP contribution in [0.5, 0.6) is 0 Å². The van der Waals surface area contributed by atoms with Gasteiger partial charge in [0.2, 0.25) is 5.91 Å². The first-order chi connectivity index (χ1) is 8.11. The maximum atomic E-state index is 11.9. The summed E-state index contributed by atoms with van der Waals surface area (Å²) in [5.41, 5.74) is -0.208. The monoisotopic (exact) mass is 245 g/mol. The number of amides is 1. The molecular weight excluding hydrogens is 222 g/mol. The predicted octanol–water partition coefficient (Wildman–Crippen LogP) is 0.677. The number of likely N-dealkylation sites (tertiary alicyclic amines) is 1. The Morgan fingerprint density at radius 1 is 1.35 bits per heavy atom. The van der Waals surface area contributed by atoms with E-state index in [2.05, 4.69) is 0 Å². The van der Waals surface area contributed by atoms with Crippen molar-refractivity contribution in [1.29, 1.82) is 0 Å². The molecule has 1 aliphatic heterocycles. The number of nitrogens with zero attached hydrogens (tertiary/aromatic N) is 1. The van der Waals surface area contributed by atoms with Gasteiger partial charge < -0.3 is 19.1 Å². The maximum Gasteiger partial charge on any atom is 0.248 e. The average molecular weight is 245 g/mol. The first-order valence-corrected chi connectivity index (χ1v) is 6.01. The van der Waals surface area contributed by atoms with Gasteiger partial charge >= 0.3 is 0 Å². The fourth-order valence-corrected chi connectivity index (χ4v) is 1.98. The summed E-state index contributed by atoms with van der Waals surface area (Å²) in [7, 11) is 3.31. The fourth-order valence-electron chi connectivity index (χ4n) is 1.98. The summed E-state index contributed by atoms with van der Waals surface area (Å²) >= 11 is 0. The molecule has 0 aromatic carbocycles. The number of piperidine rings is 1. The molecule has 0 spiro atoms. The molecule has 1 saturated heterocycles. The largest absolute Gasteiger partial charge is 0.382 e. The highest BCUT2D eigenvalue weighted by Gasteiger charge is 2.32. The van der Waals surface area contributed by atoms with Crippen molar-refractivity contribution in [3.63, 3.8) is 0 Å². The van der Waals surface area contributed by atoms with Gasteiger partial charge in [0.25, 0.3) is 0 Å². The zero-order valence-corrected chi connectivity index (χ0v) is 11.0. The Balaban J connectivity index is 2.31. The van der Waals surface area contributed by atoms with E-state index in [1.165, 1.54) is 0 Å². The molecule has 1 heterocycles. The lowest BCUT2D eigenvalue weighted by molar-refractivity contribution is -0.144. The predicted molar refractivity (Wildman–Crippen MR) is 63.9 cm³/mol. The molecule has 1 atom stereocenters. The molecule has 0 aromatic heterocycles. The van der Waals surface area contributed by atoms with Gasteiger partial charge in [0, 0.05) is 27.3 Å². The van der Waals surface area contributed by atoms with Gasteiger partial charge in [-0.25, -0.2) is 0 Å². The Morgan fingerprint density at radius 2 is 2.12 bits per heavy atom. The summed E-state index contributed by atoms with van der Waals surface area (Å²) < 4.78 is 15.5. The first-order valence-electron chi connectivity index (χ1n) is 6.01. The van der Waals surface area contributed by atoms with Gasteiger partial charge in [-0.3, -0.25) is 4.79 Å². The van der Waals surface area contributed by atoms with Crippen molar-refractivity contribution >= 4 is 5.91 Å². The Kier molecular flexibility index (Phi) is 5.88. The molecule has 0 bridgehead atoms. The van der Waals surface area contributed by atoms with Crippen LogP contribution in [0.1, 0.15) is 19.8 Å². The maximum absolute atomic E-state index is 11.9. The fraction of sp³-hybridized carbons (Fsp3) is 0.917. The van der Waals surface area contributed by atoms with Gasteiger partial charge in [0.1, 0.15) is 6.61 Å². The molecular formula is C12H23NO4. The second-order valence-corrected chi connectivity index (χ2v) is 4.62. The molecule has 1 aliphatic rings. The van der Waals surface area contributed by atoms with E-state index in [1.54, 1.807) is 14.2 Å². The van der Waals surface area contributed by atoms with E-state index < -0.39 is 0 Å². The third-order valence-electron chi connectivity index (χ3n) is 3.16. The molecule has 0 N–H and O–H groups in total. The number of hydrogen-bond acceptors (Lipinski definition) is 4. The number of carbonyl (C=O) groups excluding carboxylic acids is 1. The van der Waals surface area contributed by atoms with E-state index in [0.29, 0.717) is 19.8 Å². The Bertz CT molecular complexity index is 247. The van der Waals surface area contributed by atoms with E-state index in [4.69, 9.17) is 14.2 Å². The minimum atomic E-state index is -0.208. The number of ether oxygens (including phenoxy) is 3. The molecule has 5 nitrogen and oxygen atoms in total. The van der Waals surface area contributed by atoms with Crippen LogP contribution < -0.4 is 0 Å². The highest BCUT2D eigenvalue weighted by Crippen LogP contribution is 2.23. The third-order valence-corrected chi connectivity index (χ3v) is 3.16. The first kappa shape index (κ1) is 14.4. The lowest BCUT2D eigenvalue weighted by atomic mass is 9.95. The van der Waals surface area contributed by atoms with E-state index >= 15 is 0 Å². The smallest absolute Gasteiger partial charge is 0.248 e. The summed E-state index contributed by atoms with van der Waals surface area (Å²) in [6.45, 7) is 4.59. The van der Waals surface area contributed by atoms with Crippen molar-refractivity contribution in [2.75, 3.05) is 47.1 Å². The summed E-state index contributed by atoms with van der Waals surface area (Å²) in [6, 6.07) is 0. The zero-order chi connectivity index (χ0) is 12.7. The summed E-state index contributed by atoms with van der Waals surface area (Å²) in [4.78, 5) is 13.7. The van der Waals surface area contributed by atoms with Crippen LogP contribution >= 0.6 is 0 Å². The highest BCUT2D eigenvalue weighted by atomic mass is 16.5. The minimum Gasteiger partial charge on any atom is -0.382 e. The van der Waals surface area contributed by atoms with Crippen LogP contribution in [-0.2, 0) is 19.0 Å². The molecule has 100 valence electrons. The standard InChI is InChI=1S/C12H23NO4/c1-12(16-3)5-4-6-13(10-12)11(14)9-17-8-7-15-2/h4-10H2,1-3H3. The quantitative estimate of drug-likeness (QED) is 0.646. The summed E-state index contributed by atoms with van der Waals surface area (Å²) in [6.07, 6.45) is 1.98. The van der Waals surface area contributed by atoms with Crippen LogP contribution in [0.4, 0.5) is 0 Å². The molecule has 0 aliphatic carbocycles. The van der Waals surface area contributed by atoms with E-state index in [1.807, 2.05) is 11.8 Å². The van der Waals surface area contributed by atoms with E-state index in [-0.39, 0.29) is 18.1 Å². The van der Waals surface area contributed by atoms with Gasteiger partial charge in [0.05, 0.1) is 18.8 Å². The lowest BCUT2D eigenvalue weighted by Gasteiger charge is -2.39. The molecule has 0 radical (unpaired) electrons. The lowest BCUT2D eigenvalue weighted by Crippen LogP contribution is -2.50. The van der Waals surface area contributed by atoms with E-state index in [0.717, 1.165) is 19.4 Å². The molecule has 17 heavy (non-hydrogen) atoms. The van der Waals surface area contributed by atoms with Crippen molar-refractivity contribution in [2.45, 2.75) is 25.4 Å². The van der Waals surface area contributed by atoms with Crippen LogP contribution in [-0.4, -0.2) is 63.5 Å². The Labute approximate surface area is 103 Å². The topological polar surface area (TPSA) is 48.0 Å². The van der Waals surface area contributed by atoms with Crippen LogP contribution in [0.25, 0.3) is 0 Å². The normalized spacial score (nSPS) is 25.0. The average Bonchev–Trinajstić information content (AvgIpc) is 2.34. The SMILES string of the molecule is COCCOCC(=O)N1CCCC(C)(OC)C1. The number of methoxy groups -OCH3 is 2. The Morgan fingerprint density at radius 3 is 2.76 bits per heavy atom. The van der Waals surface area contributed by atoms with E-state index in [9.17, 15) is 4.79 Å². The molecule has 1 amide bonds. The van der Waals surface area contributed by atoms with Crippen molar-refractivity contribution in [3.8, 4) is 0 Å². The van der Waals surface area contributed by atoms with Crippen LogP contribution in [0, 0.1) is 0 Å². The molecule has 0 saturated carbocycles. The highest BCUT2D eigenvalue weighted by molar-refractivity contribution is 5.77. The molecule has 1 fully saturated rings. The van der Waals surface area contributed by atoms with Gasteiger partial charge in [-0.1, -0.05) is 0 Å². The van der Waals surface area contributed by atoms with Gasteiger partial charge in [0.15, 0.2) is 0 Å². The second-order valence-electron chi connectivity index (χ2n) is 4.62.